The van der Waals surface area contributed by atoms with E-state index in [1.807, 2.05) is 19.9 Å². The molecule has 0 radical (unpaired) electrons. The second-order valence-corrected chi connectivity index (χ2v) is 4.94. The molecule has 0 aliphatic carbocycles. The average molecular weight is 285 g/mol. The number of hydrogen-bond acceptors (Lipinski definition) is 4. The van der Waals surface area contributed by atoms with Gasteiger partial charge in [0.2, 0.25) is 0 Å². The zero-order valence-electron chi connectivity index (χ0n) is 12.3. The lowest BCUT2D eigenvalue weighted by Gasteiger charge is -2.10. The molecule has 21 heavy (non-hydrogen) atoms. The Kier molecular flexibility index (Phi) is 4.87. The predicted molar refractivity (Wildman–Crippen MR) is 81.5 cm³/mol. The van der Waals surface area contributed by atoms with E-state index in [1.54, 1.807) is 24.5 Å². The van der Waals surface area contributed by atoms with Crippen LogP contribution in [0, 0.1) is 6.92 Å². The maximum Gasteiger partial charge on any atom is 0.335 e. The number of pyridine rings is 2. The zero-order valence-corrected chi connectivity index (χ0v) is 12.3. The van der Waals surface area contributed by atoms with Gasteiger partial charge in [0.05, 0.1) is 5.56 Å². The Morgan fingerprint density at radius 1 is 1.38 bits per heavy atom. The van der Waals surface area contributed by atoms with Crippen molar-refractivity contribution in [3.05, 3.63) is 53.0 Å². The number of nitrogens with one attached hydrogen (secondary N) is 1. The number of rotatable bonds is 6. The minimum atomic E-state index is -0.933. The molecule has 2 rings (SSSR count). The summed E-state index contributed by atoms with van der Waals surface area (Å²) in [4.78, 5) is 19.7. The second-order valence-electron chi connectivity index (χ2n) is 4.94. The average Bonchev–Trinajstić information content (AvgIpc) is 2.46. The number of carbonyl (C=O) groups is 1. The number of hydrogen-bond donors (Lipinski definition) is 2. The SMILES string of the molecule is CCCc1cc(C(=O)O)cc(NCc2ccncc2C)n1. The van der Waals surface area contributed by atoms with E-state index >= 15 is 0 Å². The maximum absolute atomic E-state index is 11.2. The van der Waals surface area contributed by atoms with Crippen molar-refractivity contribution in [3.63, 3.8) is 0 Å². The first-order valence-electron chi connectivity index (χ1n) is 6.97. The summed E-state index contributed by atoms with van der Waals surface area (Å²) in [6.45, 7) is 4.63. The van der Waals surface area contributed by atoms with Crippen molar-refractivity contribution < 1.29 is 9.90 Å². The Morgan fingerprint density at radius 3 is 2.86 bits per heavy atom. The van der Waals surface area contributed by atoms with Gasteiger partial charge in [0, 0.05) is 24.6 Å². The van der Waals surface area contributed by atoms with Crippen LogP contribution in [-0.4, -0.2) is 21.0 Å². The highest BCUT2D eigenvalue weighted by molar-refractivity contribution is 5.88. The van der Waals surface area contributed by atoms with Crippen molar-refractivity contribution in [1.82, 2.24) is 9.97 Å². The molecule has 0 unspecified atom stereocenters. The molecular weight excluding hydrogens is 266 g/mol. The summed E-state index contributed by atoms with van der Waals surface area (Å²) in [7, 11) is 0. The van der Waals surface area contributed by atoms with Gasteiger partial charge in [0.25, 0.3) is 0 Å². The van der Waals surface area contributed by atoms with Crippen molar-refractivity contribution in [3.8, 4) is 0 Å². The number of aromatic carboxylic acids is 1. The predicted octanol–water partition coefficient (Wildman–Crippen LogP) is 3.05. The van der Waals surface area contributed by atoms with E-state index in [4.69, 9.17) is 5.11 Å². The number of aryl methyl sites for hydroxylation is 2. The Bertz CT molecular complexity index is 641. The molecule has 0 saturated heterocycles. The molecule has 2 aromatic heterocycles. The second kappa shape index (κ2) is 6.83. The van der Waals surface area contributed by atoms with Crippen molar-refractivity contribution >= 4 is 11.8 Å². The molecule has 5 nitrogen and oxygen atoms in total. The summed E-state index contributed by atoms with van der Waals surface area (Å²) in [5.74, 6) is -0.340. The van der Waals surface area contributed by atoms with Gasteiger partial charge in [-0.1, -0.05) is 13.3 Å². The summed E-state index contributed by atoms with van der Waals surface area (Å²) in [5, 5.41) is 12.4. The molecule has 2 N–H and O–H groups in total. The van der Waals surface area contributed by atoms with Crippen LogP contribution in [0.1, 0.15) is 40.5 Å². The lowest BCUT2D eigenvalue weighted by Crippen LogP contribution is -2.07. The first kappa shape index (κ1) is 15.0. The van der Waals surface area contributed by atoms with Crippen LogP contribution in [0.25, 0.3) is 0 Å². The molecule has 5 heteroatoms. The van der Waals surface area contributed by atoms with Crippen molar-refractivity contribution in [2.24, 2.45) is 0 Å². The van der Waals surface area contributed by atoms with Crippen LogP contribution < -0.4 is 5.32 Å². The van der Waals surface area contributed by atoms with E-state index in [9.17, 15) is 4.79 Å². The fourth-order valence-electron chi connectivity index (χ4n) is 2.07. The van der Waals surface area contributed by atoms with Gasteiger partial charge in [0.15, 0.2) is 0 Å². The molecule has 0 aliphatic heterocycles. The first-order valence-corrected chi connectivity index (χ1v) is 6.97. The molecule has 110 valence electrons. The Balaban J connectivity index is 2.19. The van der Waals surface area contributed by atoms with Gasteiger partial charge in [-0.05, 0) is 42.7 Å². The Morgan fingerprint density at radius 2 is 2.19 bits per heavy atom. The standard InChI is InChI=1S/C16H19N3O2/c1-3-4-14-7-13(16(20)21)8-15(19-14)18-10-12-5-6-17-9-11(12)2/h5-9H,3-4,10H2,1-2H3,(H,18,19)(H,20,21). The maximum atomic E-state index is 11.2. The molecule has 0 atom stereocenters. The van der Waals surface area contributed by atoms with E-state index in [1.165, 1.54) is 0 Å². The molecule has 0 aliphatic rings. The van der Waals surface area contributed by atoms with Crippen molar-refractivity contribution in [2.75, 3.05) is 5.32 Å². The van der Waals surface area contributed by atoms with Gasteiger partial charge in [-0.3, -0.25) is 4.98 Å². The van der Waals surface area contributed by atoms with E-state index in [2.05, 4.69) is 15.3 Å². The van der Waals surface area contributed by atoms with Crippen LogP contribution >= 0.6 is 0 Å². The molecule has 0 amide bonds. The van der Waals surface area contributed by atoms with Crippen molar-refractivity contribution in [2.45, 2.75) is 33.2 Å². The highest BCUT2D eigenvalue weighted by Crippen LogP contribution is 2.14. The number of nitrogens with zero attached hydrogens (tertiary/aromatic N) is 2. The fraction of sp³-hybridized carbons (Fsp3) is 0.312. The van der Waals surface area contributed by atoms with Gasteiger partial charge in [-0.25, -0.2) is 9.78 Å². The summed E-state index contributed by atoms with van der Waals surface area (Å²) in [5.41, 5.74) is 3.27. The van der Waals surface area contributed by atoms with E-state index in [0.717, 1.165) is 29.7 Å². The summed E-state index contributed by atoms with van der Waals surface area (Å²) < 4.78 is 0. The van der Waals surface area contributed by atoms with Gasteiger partial charge in [-0.2, -0.15) is 0 Å². The summed E-state index contributed by atoms with van der Waals surface area (Å²) in [6.07, 6.45) is 5.25. The van der Waals surface area contributed by atoms with Crippen LogP contribution in [0.15, 0.2) is 30.6 Å². The topological polar surface area (TPSA) is 75.1 Å². The van der Waals surface area contributed by atoms with Crippen LogP contribution in [0.4, 0.5) is 5.82 Å². The van der Waals surface area contributed by atoms with Crippen molar-refractivity contribution in [1.29, 1.82) is 0 Å². The van der Waals surface area contributed by atoms with Gasteiger partial charge < -0.3 is 10.4 Å². The molecule has 2 aromatic rings. The molecule has 0 aromatic carbocycles. The lowest BCUT2D eigenvalue weighted by molar-refractivity contribution is 0.0696. The van der Waals surface area contributed by atoms with Crippen LogP contribution in [0.3, 0.4) is 0 Å². The minimum absolute atomic E-state index is 0.266. The van der Waals surface area contributed by atoms with Crippen LogP contribution in [0.2, 0.25) is 0 Å². The molecule has 2 heterocycles. The smallest absolute Gasteiger partial charge is 0.335 e. The zero-order chi connectivity index (χ0) is 15.2. The molecular formula is C16H19N3O2. The monoisotopic (exact) mass is 285 g/mol. The largest absolute Gasteiger partial charge is 0.478 e. The van der Waals surface area contributed by atoms with Crippen LogP contribution in [0.5, 0.6) is 0 Å². The summed E-state index contributed by atoms with van der Waals surface area (Å²) in [6, 6.07) is 5.14. The highest BCUT2D eigenvalue weighted by Gasteiger charge is 2.08. The third kappa shape index (κ3) is 4.02. The van der Waals surface area contributed by atoms with Crippen LogP contribution in [-0.2, 0) is 13.0 Å². The minimum Gasteiger partial charge on any atom is -0.478 e. The summed E-state index contributed by atoms with van der Waals surface area (Å²) >= 11 is 0. The van der Waals surface area contributed by atoms with E-state index < -0.39 is 5.97 Å². The Labute approximate surface area is 124 Å². The quantitative estimate of drug-likeness (QED) is 0.853. The third-order valence-corrected chi connectivity index (χ3v) is 3.23. The van der Waals surface area contributed by atoms with Gasteiger partial charge >= 0.3 is 5.97 Å². The van der Waals surface area contributed by atoms with E-state index in [-0.39, 0.29) is 5.56 Å². The highest BCUT2D eigenvalue weighted by atomic mass is 16.4. The molecule has 0 fully saturated rings. The number of aromatic nitrogens is 2. The molecule has 0 saturated carbocycles. The van der Waals surface area contributed by atoms with Gasteiger partial charge in [0.1, 0.15) is 5.82 Å². The van der Waals surface area contributed by atoms with E-state index in [0.29, 0.717) is 12.4 Å². The third-order valence-electron chi connectivity index (χ3n) is 3.23. The number of carboxylic acids is 1. The Hall–Kier alpha value is -2.43. The lowest BCUT2D eigenvalue weighted by atomic mass is 10.1. The number of carboxylic acid groups (broad SMARTS) is 1. The number of anilines is 1. The first-order chi connectivity index (χ1) is 10.1. The fourth-order valence-corrected chi connectivity index (χ4v) is 2.07. The molecule has 0 bridgehead atoms. The van der Waals surface area contributed by atoms with Gasteiger partial charge in [-0.15, -0.1) is 0 Å². The molecule has 0 spiro atoms. The normalized spacial score (nSPS) is 10.4.